The fourth-order valence-corrected chi connectivity index (χ4v) is 2.10. The highest BCUT2D eigenvalue weighted by Gasteiger charge is 2.12. The molecule has 0 fully saturated rings. The quantitative estimate of drug-likeness (QED) is 0.601. The van der Waals surface area contributed by atoms with Gasteiger partial charge in [-0.1, -0.05) is 0 Å². The van der Waals surface area contributed by atoms with Crippen LogP contribution in [0.3, 0.4) is 0 Å². The zero-order valence-corrected chi connectivity index (χ0v) is 9.44. The van der Waals surface area contributed by atoms with Crippen LogP contribution in [0.5, 0.6) is 0 Å². The number of carboxylic acid groups (broad SMARTS) is 1. The monoisotopic (exact) mass is 243 g/mol. The minimum absolute atomic E-state index is 0.213. The summed E-state index contributed by atoms with van der Waals surface area (Å²) in [6, 6.07) is 3.20. The Morgan fingerprint density at radius 3 is 2.83 bits per heavy atom. The van der Waals surface area contributed by atoms with Crippen LogP contribution < -0.4 is 5.56 Å². The molecule has 18 heavy (non-hydrogen) atoms. The van der Waals surface area contributed by atoms with Crippen LogP contribution in [0.4, 0.5) is 0 Å². The Morgan fingerprint density at radius 2 is 2.11 bits per heavy atom. The number of aryl methyl sites for hydroxylation is 1. The van der Waals surface area contributed by atoms with Crippen molar-refractivity contribution in [3.05, 3.63) is 39.8 Å². The first kappa shape index (κ1) is 10.5. The average molecular weight is 243 g/mol. The number of hydrogen-bond donors (Lipinski definition) is 3. The number of rotatable bonds is 1. The Balaban J connectivity index is 2.56. The lowest BCUT2D eigenvalue weighted by Gasteiger charge is -2.04. The van der Waals surface area contributed by atoms with Crippen molar-refractivity contribution in [1.29, 1.82) is 0 Å². The third-order valence-electron chi connectivity index (χ3n) is 3.00. The molecule has 0 unspecified atom stereocenters. The summed E-state index contributed by atoms with van der Waals surface area (Å²) >= 11 is 0. The molecular weight excluding hydrogens is 234 g/mol. The van der Waals surface area contributed by atoms with Gasteiger partial charge in [0.2, 0.25) is 0 Å². The molecule has 0 saturated heterocycles. The molecular formula is C12H9N3O3. The summed E-state index contributed by atoms with van der Waals surface area (Å²) in [5.74, 6) is -0.992. The molecule has 0 atom stereocenters. The summed E-state index contributed by atoms with van der Waals surface area (Å²) in [7, 11) is 0. The molecule has 2 heterocycles. The van der Waals surface area contributed by atoms with Crippen LogP contribution in [0.15, 0.2) is 23.1 Å². The minimum atomic E-state index is -0.992. The predicted molar refractivity (Wildman–Crippen MR) is 65.9 cm³/mol. The zero-order chi connectivity index (χ0) is 12.9. The van der Waals surface area contributed by atoms with Crippen LogP contribution in [-0.2, 0) is 0 Å². The summed E-state index contributed by atoms with van der Waals surface area (Å²) in [4.78, 5) is 25.6. The van der Waals surface area contributed by atoms with E-state index in [0.29, 0.717) is 27.4 Å². The van der Waals surface area contributed by atoms with E-state index in [1.807, 2.05) is 0 Å². The van der Waals surface area contributed by atoms with Gasteiger partial charge in [-0.25, -0.2) is 4.79 Å². The number of nitrogens with one attached hydrogen (secondary N) is 2. The summed E-state index contributed by atoms with van der Waals surface area (Å²) in [5.41, 5.74) is 1.72. The number of pyridine rings is 1. The second-order valence-electron chi connectivity index (χ2n) is 4.13. The van der Waals surface area contributed by atoms with Gasteiger partial charge in [-0.05, 0) is 24.6 Å². The number of aromatic nitrogens is 3. The molecule has 90 valence electrons. The predicted octanol–water partition coefficient (Wildman–Crippen LogP) is 1.41. The number of nitrogens with zero attached hydrogens (tertiary/aromatic N) is 1. The first-order valence-electron chi connectivity index (χ1n) is 5.31. The topological polar surface area (TPSA) is 98.8 Å². The molecule has 3 rings (SSSR count). The van der Waals surface area contributed by atoms with Crippen molar-refractivity contribution < 1.29 is 9.90 Å². The Bertz CT molecular complexity index is 845. The van der Waals surface area contributed by atoms with Gasteiger partial charge in [0.25, 0.3) is 5.56 Å². The van der Waals surface area contributed by atoms with Crippen molar-refractivity contribution >= 4 is 27.8 Å². The van der Waals surface area contributed by atoms with Gasteiger partial charge in [-0.3, -0.25) is 9.89 Å². The number of aromatic amines is 2. The van der Waals surface area contributed by atoms with Gasteiger partial charge < -0.3 is 10.1 Å². The molecule has 2 aromatic heterocycles. The third kappa shape index (κ3) is 1.32. The number of hydrogen-bond acceptors (Lipinski definition) is 3. The maximum atomic E-state index is 11.8. The number of aromatic carboxylic acids is 1. The van der Waals surface area contributed by atoms with Gasteiger partial charge in [0.1, 0.15) is 0 Å². The summed E-state index contributed by atoms with van der Waals surface area (Å²) < 4.78 is 0. The zero-order valence-electron chi connectivity index (χ0n) is 9.44. The Morgan fingerprint density at radius 1 is 1.33 bits per heavy atom. The largest absolute Gasteiger partial charge is 0.478 e. The smallest absolute Gasteiger partial charge is 0.335 e. The fraction of sp³-hybridized carbons (Fsp3) is 0.0833. The fourth-order valence-electron chi connectivity index (χ4n) is 2.10. The number of carbonyl (C=O) groups is 1. The molecule has 0 spiro atoms. The van der Waals surface area contributed by atoms with E-state index >= 15 is 0 Å². The normalized spacial score (nSPS) is 11.2. The van der Waals surface area contributed by atoms with E-state index in [1.165, 1.54) is 6.20 Å². The molecule has 0 amide bonds. The standard InChI is InChI=1S/C12H9N3O3/c1-5-2-9-7(3-6(5)12(17)18)10-8(4-13-15-10)11(16)14-9/h2-4H,1H3,(H,13,15)(H,14,16)(H,17,18). The highest BCUT2D eigenvalue weighted by molar-refractivity contribution is 6.06. The molecule has 0 aliphatic heterocycles. The summed E-state index contributed by atoms with van der Waals surface area (Å²) in [6.07, 6.45) is 1.42. The molecule has 1 aromatic carbocycles. The lowest BCUT2D eigenvalue weighted by molar-refractivity contribution is 0.0696. The van der Waals surface area contributed by atoms with E-state index in [-0.39, 0.29) is 11.1 Å². The van der Waals surface area contributed by atoms with E-state index in [2.05, 4.69) is 15.2 Å². The van der Waals surface area contributed by atoms with Gasteiger partial charge in [0, 0.05) is 5.39 Å². The van der Waals surface area contributed by atoms with Gasteiger partial charge >= 0.3 is 5.97 Å². The number of H-pyrrole nitrogens is 2. The van der Waals surface area contributed by atoms with Crippen molar-refractivity contribution in [3.8, 4) is 0 Å². The van der Waals surface area contributed by atoms with Gasteiger partial charge in [-0.2, -0.15) is 5.10 Å². The molecule has 3 N–H and O–H groups in total. The maximum Gasteiger partial charge on any atom is 0.335 e. The number of fused-ring (bicyclic) bond motifs is 3. The van der Waals surface area contributed by atoms with E-state index in [1.54, 1.807) is 19.1 Å². The van der Waals surface area contributed by atoms with E-state index in [9.17, 15) is 9.59 Å². The highest BCUT2D eigenvalue weighted by Crippen LogP contribution is 2.22. The van der Waals surface area contributed by atoms with Crippen molar-refractivity contribution in [2.75, 3.05) is 0 Å². The first-order valence-corrected chi connectivity index (χ1v) is 5.31. The van der Waals surface area contributed by atoms with Crippen molar-refractivity contribution in [2.24, 2.45) is 0 Å². The van der Waals surface area contributed by atoms with Crippen LogP contribution in [0.1, 0.15) is 15.9 Å². The molecule has 0 aliphatic carbocycles. The van der Waals surface area contributed by atoms with Gasteiger partial charge in [0.15, 0.2) is 0 Å². The lowest BCUT2D eigenvalue weighted by atomic mass is 10.0. The molecule has 3 aromatic rings. The third-order valence-corrected chi connectivity index (χ3v) is 3.00. The Hall–Kier alpha value is -2.63. The van der Waals surface area contributed by atoms with Gasteiger partial charge in [-0.15, -0.1) is 0 Å². The second-order valence-corrected chi connectivity index (χ2v) is 4.13. The van der Waals surface area contributed by atoms with Crippen molar-refractivity contribution in [2.45, 2.75) is 6.92 Å². The number of benzene rings is 1. The van der Waals surface area contributed by atoms with E-state index < -0.39 is 5.97 Å². The SMILES string of the molecule is Cc1cc2[nH]c(=O)c3cn[nH]c3c2cc1C(=O)O. The van der Waals surface area contributed by atoms with Crippen LogP contribution in [-0.4, -0.2) is 26.3 Å². The van der Waals surface area contributed by atoms with Crippen LogP contribution >= 0.6 is 0 Å². The van der Waals surface area contributed by atoms with E-state index in [0.717, 1.165) is 0 Å². The molecule has 6 nitrogen and oxygen atoms in total. The Kier molecular flexibility index (Phi) is 2.00. The average Bonchev–Trinajstić information content (AvgIpc) is 2.77. The second kappa shape index (κ2) is 3.43. The molecule has 6 heteroatoms. The van der Waals surface area contributed by atoms with Crippen LogP contribution in [0.2, 0.25) is 0 Å². The molecule has 0 bridgehead atoms. The number of carboxylic acids is 1. The van der Waals surface area contributed by atoms with Crippen molar-refractivity contribution in [1.82, 2.24) is 15.2 Å². The van der Waals surface area contributed by atoms with Gasteiger partial charge in [0.05, 0.1) is 28.2 Å². The lowest BCUT2D eigenvalue weighted by Crippen LogP contribution is -2.07. The maximum absolute atomic E-state index is 11.8. The molecule has 0 saturated carbocycles. The van der Waals surface area contributed by atoms with Crippen molar-refractivity contribution in [3.63, 3.8) is 0 Å². The summed E-state index contributed by atoms with van der Waals surface area (Å²) in [5, 5.41) is 16.7. The van der Waals surface area contributed by atoms with Crippen LogP contribution in [0.25, 0.3) is 21.8 Å². The summed E-state index contributed by atoms with van der Waals surface area (Å²) in [6.45, 7) is 1.69. The van der Waals surface area contributed by atoms with Crippen LogP contribution in [0, 0.1) is 6.92 Å². The van der Waals surface area contributed by atoms with E-state index in [4.69, 9.17) is 5.11 Å². The first-order chi connectivity index (χ1) is 8.58. The highest BCUT2D eigenvalue weighted by atomic mass is 16.4. The minimum Gasteiger partial charge on any atom is -0.478 e. The molecule has 0 radical (unpaired) electrons. The Labute approximate surface area is 100 Å². The molecule has 0 aliphatic rings.